The van der Waals surface area contributed by atoms with Crippen LogP contribution in [0.4, 0.5) is 0 Å². The smallest absolute Gasteiger partial charge is 0.233 e. The Labute approximate surface area is 89.0 Å². The van der Waals surface area contributed by atoms with Gasteiger partial charge in [0.05, 0.1) is 15.0 Å². The molecular weight excluding hydrogens is 220 g/mol. The molecule has 1 rings (SSSR count). The van der Waals surface area contributed by atoms with Gasteiger partial charge >= 0.3 is 0 Å². The molecule has 0 saturated heterocycles. The largest absolute Gasteiger partial charge is 0.354 e. The van der Waals surface area contributed by atoms with Gasteiger partial charge in [-0.05, 0) is 11.4 Å². The third-order valence-electron chi connectivity index (χ3n) is 1.45. The van der Waals surface area contributed by atoms with Crippen molar-refractivity contribution < 1.29 is 9.00 Å². The molecule has 0 aliphatic carbocycles. The predicted octanol–water partition coefficient (Wildman–Crippen LogP) is -0.0694. The van der Waals surface area contributed by atoms with Gasteiger partial charge in [0.1, 0.15) is 5.75 Å². The Morgan fingerprint density at radius 3 is 3.00 bits per heavy atom. The summed E-state index contributed by atoms with van der Waals surface area (Å²) in [5.41, 5.74) is 5.21. The summed E-state index contributed by atoms with van der Waals surface area (Å²) in [4.78, 5) is 11.2. The van der Waals surface area contributed by atoms with E-state index < -0.39 is 10.8 Å². The average molecular weight is 232 g/mol. The zero-order valence-corrected chi connectivity index (χ0v) is 9.20. The third kappa shape index (κ3) is 3.57. The lowest BCUT2D eigenvalue weighted by atomic mass is 10.6. The SMILES string of the molecule is NCCNC(=O)CS(=O)c1cccs1. The molecule has 0 aliphatic rings. The molecule has 0 saturated carbocycles. The molecule has 1 unspecified atom stereocenters. The molecule has 0 radical (unpaired) electrons. The summed E-state index contributed by atoms with van der Waals surface area (Å²) < 4.78 is 12.2. The quantitative estimate of drug-likeness (QED) is 0.746. The van der Waals surface area contributed by atoms with Crippen molar-refractivity contribution in [3.05, 3.63) is 17.5 Å². The Morgan fingerprint density at radius 1 is 1.64 bits per heavy atom. The molecule has 78 valence electrons. The lowest BCUT2D eigenvalue weighted by molar-refractivity contribution is -0.118. The maximum absolute atomic E-state index is 11.5. The third-order valence-corrected chi connectivity index (χ3v) is 4.07. The Hall–Kier alpha value is -0.720. The van der Waals surface area contributed by atoms with Crippen LogP contribution in [0.2, 0.25) is 0 Å². The molecule has 6 heteroatoms. The van der Waals surface area contributed by atoms with Crippen LogP contribution in [0.15, 0.2) is 21.7 Å². The molecule has 0 aliphatic heterocycles. The zero-order valence-electron chi connectivity index (χ0n) is 7.56. The van der Waals surface area contributed by atoms with Gasteiger partial charge in [-0.25, -0.2) is 0 Å². The minimum atomic E-state index is -1.22. The molecule has 3 N–H and O–H groups in total. The summed E-state index contributed by atoms with van der Waals surface area (Å²) in [6, 6.07) is 3.58. The molecule has 1 atom stereocenters. The normalized spacial score (nSPS) is 12.4. The Morgan fingerprint density at radius 2 is 2.43 bits per heavy atom. The van der Waals surface area contributed by atoms with Crippen molar-refractivity contribution in [1.82, 2.24) is 5.32 Å². The molecule has 0 aromatic carbocycles. The highest BCUT2D eigenvalue weighted by molar-refractivity contribution is 7.88. The van der Waals surface area contributed by atoms with Gasteiger partial charge in [0.25, 0.3) is 0 Å². The van der Waals surface area contributed by atoms with Crippen molar-refractivity contribution in [2.45, 2.75) is 4.21 Å². The second-order valence-corrected chi connectivity index (χ2v) is 5.19. The fourth-order valence-corrected chi connectivity index (χ4v) is 2.78. The molecule has 1 aromatic rings. The van der Waals surface area contributed by atoms with Gasteiger partial charge in [0, 0.05) is 13.1 Å². The van der Waals surface area contributed by atoms with E-state index in [9.17, 15) is 9.00 Å². The van der Waals surface area contributed by atoms with Gasteiger partial charge in [0.15, 0.2) is 0 Å². The van der Waals surface area contributed by atoms with Crippen LogP contribution in [-0.4, -0.2) is 29.0 Å². The minimum absolute atomic E-state index is 0.0144. The minimum Gasteiger partial charge on any atom is -0.354 e. The van der Waals surface area contributed by atoms with Gasteiger partial charge < -0.3 is 11.1 Å². The summed E-state index contributed by atoms with van der Waals surface area (Å²) in [5, 5.41) is 4.41. The van der Waals surface area contributed by atoms with E-state index in [1.54, 1.807) is 6.07 Å². The van der Waals surface area contributed by atoms with Crippen molar-refractivity contribution in [1.29, 1.82) is 0 Å². The van der Waals surface area contributed by atoms with Gasteiger partial charge in [-0.3, -0.25) is 9.00 Å². The molecule has 1 amide bonds. The lowest BCUT2D eigenvalue weighted by Gasteiger charge is -2.01. The van der Waals surface area contributed by atoms with Crippen molar-refractivity contribution in [3.8, 4) is 0 Å². The highest BCUT2D eigenvalue weighted by Crippen LogP contribution is 2.13. The number of thiophene rings is 1. The number of carbonyl (C=O) groups excluding carboxylic acids is 1. The number of amides is 1. The molecule has 1 aromatic heterocycles. The standard InChI is InChI=1S/C8H12N2O2S2/c9-3-4-10-7(11)6-14(12)8-2-1-5-13-8/h1-2,5H,3-4,6,9H2,(H,10,11). The van der Waals surface area contributed by atoms with E-state index in [-0.39, 0.29) is 11.7 Å². The van der Waals surface area contributed by atoms with E-state index >= 15 is 0 Å². The molecule has 4 nitrogen and oxygen atoms in total. The first kappa shape index (κ1) is 11.4. The molecule has 0 spiro atoms. The number of carbonyl (C=O) groups is 1. The molecular formula is C8H12N2O2S2. The molecule has 0 bridgehead atoms. The number of rotatable bonds is 5. The van der Waals surface area contributed by atoms with Crippen molar-refractivity contribution >= 4 is 28.0 Å². The highest BCUT2D eigenvalue weighted by atomic mass is 32.2. The summed E-state index contributed by atoms with van der Waals surface area (Å²) in [5.74, 6) is -0.206. The molecule has 1 heterocycles. The van der Waals surface area contributed by atoms with Crippen LogP contribution in [-0.2, 0) is 15.6 Å². The first-order chi connectivity index (χ1) is 6.74. The maximum atomic E-state index is 11.5. The fraction of sp³-hybridized carbons (Fsp3) is 0.375. The summed E-state index contributed by atoms with van der Waals surface area (Å²) in [6.07, 6.45) is 0. The molecule has 14 heavy (non-hydrogen) atoms. The first-order valence-electron chi connectivity index (χ1n) is 4.12. The Kier molecular flexibility index (Phi) is 4.78. The molecule has 0 fully saturated rings. The number of hydrogen-bond acceptors (Lipinski definition) is 4. The van der Waals surface area contributed by atoms with Crippen LogP contribution in [0.25, 0.3) is 0 Å². The van der Waals surface area contributed by atoms with Gasteiger partial charge in [-0.1, -0.05) is 6.07 Å². The highest BCUT2D eigenvalue weighted by Gasteiger charge is 2.09. The van der Waals surface area contributed by atoms with E-state index in [1.807, 2.05) is 11.4 Å². The number of hydrogen-bond donors (Lipinski definition) is 2. The van der Waals surface area contributed by atoms with Crippen LogP contribution in [0.3, 0.4) is 0 Å². The second kappa shape index (κ2) is 5.90. The monoisotopic (exact) mass is 232 g/mol. The number of nitrogens with one attached hydrogen (secondary N) is 1. The van der Waals surface area contributed by atoms with Gasteiger partial charge in [-0.2, -0.15) is 0 Å². The fourth-order valence-electron chi connectivity index (χ4n) is 0.846. The van der Waals surface area contributed by atoms with Crippen LogP contribution in [0.5, 0.6) is 0 Å². The number of nitrogens with two attached hydrogens (primary N) is 1. The second-order valence-electron chi connectivity index (χ2n) is 2.56. The Balaban J connectivity index is 2.38. The van der Waals surface area contributed by atoms with E-state index in [4.69, 9.17) is 5.73 Å². The lowest BCUT2D eigenvalue weighted by Crippen LogP contribution is -2.32. The van der Waals surface area contributed by atoms with Crippen LogP contribution >= 0.6 is 11.3 Å². The Bertz CT molecular complexity index is 311. The van der Waals surface area contributed by atoms with Gasteiger partial charge in [-0.15, -0.1) is 11.3 Å². The van der Waals surface area contributed by atoms with E-state index in [0.717, 1.165) is 4.21 Å². The first-order valence-corrected chi connectivity index (χ1v) is 6.32. The van der Waals surface area contributed by atoms with Crippen molar-refractivity contribution in [2.24, 2.45) is 5.73 Å². The topological polar surface area (TPSA) is 72.2 Å². The zero-order chi connectivity index (χ0) is 10.4. The van der Waals surface area contributed by atoms with E-state index in [0.29, 0.717) is 13.1 Å². The summed E-state index contributed by atoms with van der Waals surface area (Å²) >= 11 is 1.39. The van der Waals surface area contributed by atoms with Crippen LogP contribution in [0, 0.1) is 0 Å². The van der Waals surface area contributed by atoms with Crippen molar-refractivity contribution in [2.75, 3.05) is 18.8 Å². The van der Waals surface area contributed by atoms with E-state index in [2.05, 4.69) is 5.32 Å². The van der Waals surface area contributed by atoms with Crippen LogP contribution < -0.4 is 11.1 Å². The van der Waals surface area contributed by atoms with Crippen molar-refractivity contribution in [3.63, 3.8) is 0 Å². The average Bonchev–Trinajstić information content (AvgIpc) is 2.67. The maximum Gasteiger partial charge on any atom is 0.233 e. The summed E-state index contributed by atoms with van der Waals surface area (Å²) in [6.45, 7) is 0.831. The van der Waals surface area contributed by atoms with E-state index in [1.165, 1.54) is 11.3 Å². The summed E-state index contributed by atoms with van der Waals surface area (Å²) in [7, 11) is -1.22. The predicted molar refractivity (Wildman–Crippen MR) is 57.7 cm³/mol. The van der Waals surface area contributed by atoms with Crippen LogP contribution in [0.1, 0.15) is 0 Å². The van der Waals surface area contributed by atoms with Gasteiger partial charge in [0.2, 0.25) is 5.91 Å².